The fraction of sp³-hybridized carbons (Fsp3) is 0.267. The molecule has 0 aliphatic heterocycles. The molecule has 106 valence electrons. The van der Waals surface area contributed by atoms with Gasteiger partial charge in [0.2, 0.25) is 5.88 Å². The number of ether oxygens (including phenoxy) is 2. The Morgan fingerprint density at radius 1 is 1.20 bits per heavy atom. The van der Waals surface area contributed by atoms with Crippen LogP contribution in [0.25, 0.3) is 0 Å². The van der Waals surface area contributed by atoms with E-state index in [1.807, 2.05) is 18.2 Å². The summed E-state index contributed by atoms with van der Waals surface area (Å²) in [5, 5.41) is 0.528. The van der Waals surface area contributed by atoms with Crippen molar-refractivity contribution in [1.29, 1.82) is 0 Å². The van der Waals surface area contributed by atoms with Crippen LogP contribution in [0.2, 0.25) is 5.02 Å². The molecule has 0 aliphatic carbocycles. The van der Waals surface area contributed by atoms with Crippen molar-refractivity contribution < 1.29 is 9.47 Å². The average Bonchev–Trinajstić information content (AvgIpc) is 2.49. The standard InChI is InChI=1S/C15H15Cl2NO2/c1-3-10-4-5-13(14(6-10)19-2)20-15-7-11(8-16)12(17)9-18-15/h4-7,9H,3,8H2,1-2H3. The van der Waals surface area contributed by atoms with Crippen molar-refractivity contribution >= 4 is 23.2 Å². The van der Waals surface area contributed by atoms with Crippen LogP contribution in [0.1, 0.15) is 18.1 Å². The highest BCUT2D eigenvalue weighted by Gasteiger charge is 2.09. The van der Waals surface area contributed by atoms with Crippen LogP contribution in [0.3, 0.4) is 0 Å². The van der Waals surface area contributed by atoms with Crippen LogP contribution < -0.4 is 9.47 Å². The van der Waals surface area contributed by atoms with Gasteiger partial charge in [0.05, 0.1) is 12.1 Å². The van der Waals surface area contributed by atoms with E-state index in [1.165, 1.54) is 11.8 Å². The van der Waals surface area contributed by atoms with E-state index in [0.29, 0.717) is 28.3 Å². The molecule has 2 aromatic rings. The summed E-state index contributed by atoms with van der Waals surface area (Å²) in [7, 11) is 1.61. The van der Waals surface area contributed by atoms with Crippen molar-refractivity contribution in [3.05, 3.63) is 46.6 Å². The molecule has 20 heavy (non-hydrogen) atoms. The molecule has 1 heterocycles. The third-order valence-corrected chi connectivity index (χ3v) is 3.53. The lowest BCUT2D eigenvalue weighted by molar-refractivity contribution is 0.373. The number of hydrogen-bond donors (Lipinski definition) is 0. The van der Waals surface area contributed by atoms with Gasteiger partial charge in [0.25, 0.3) is 0 Å². The van der Waals surface area contributed by atoms with Crippen LogP contribution in [0.15, 0.2) is 30.5 Å². The fourth-order valence-electron chi connectivity index (χ4n) is 1.75. The molecule has 1 aromatic carbocycles. The van der Waals surface area contributed by atoms with Gasteiger partial charge >= 0.3 is 0 Å². The van der Waals surface area contributed by atoms with Gasteiger partial charge in [-0.25, -0.2) is 4.98 Å². The van der Waals surface area contributed by atoms with E-state index in [9.17, 15) is 0 Å². The highest BCUT2D eigenvalue weighted by atomic mass is 35.5. The molecule has 0 spiro atoms. The van der Waals surface area contributed by atoms with E-state index in [2.05, 4.69) is 11.9 Å². The molecule has 0 bridgehead atoms. The Morgan fingerprint density at radius 2 is 2.00 bits per heavy atom. The zero-order valence-electron chi connectivity index (χ0n) is 11.3. The maximum absolute atomic E-state index is 5.97. The van der Waals surface area contributed by atoms with E-state index in [4.69, 9.17) is 32.7 Å². The third-order valence-electron chi connectivity index (χ3n) is 2.90. The number of benzene rings is 1. The predicted molar refractivity (Wildman–Crippen MR) is 81.3 cm³/mol. The number of aromatic nitrogens is 1. The van der Waals surface area contributed by atoms with E-state index in [0.717, 1.165) is 12.0 Å². The smallest absolute Gasteiger partial charge is 0.219 e. The van der Waals surface area contributed by atoms with Crippen molar-refractivity contribution in [3.63, 3.8) is 0 Å². The number of rotatable bonds is 5. The van der Waals surface area contributed by atoms with Crippen molar-refractivity contribution in [1.82, 2.24) is 4.98 Å². The predicted octanol–water partition coefficient (Wildman–Crippen LogP) is 4.84. The normalized spacial score (nSPS) is 10.4. The van der Waals surface area contributed by atoms with Crippen molar-refractivity contribution in [2.45, 2.75) is 19.2 Å². The molecule has 0 fully saturated rings. The first-order chi connectivity index (χ1) is 9.67. The summed E-state index contributed by atoms with van der Waals surface area (Å²) >= 11 is 11.8. The summed E-state index contributed by atoms with van der Waals surface area (Å²) in [4.78, 5) is 4.13. The van der Waals surface area contributed by atoms with Crippen molar-refractivity contribution in [2.75, 3.05) is 7.11 Å². The van der Waals surface area contributed by atoms with Gasteiger partial charge in [-0.1, -0.05) is 24.6 Å². The number of pyridine rings is 1. The number of nitrogens with zero attached hydrogens (tertiary/aromatic N) is 1. The Morgan fingerprint density at radius 3 is 2.65 bits per heavy atom. The summed E-state index contributed by atoms with van der Waals surface area (Å²) < 4.78 is 11.1. The Hall–Kier alpha value is -1.45. The monoisotopic (exact) mass is 311 g/mol. The molecule has 5 heteroatoms. The molecule has 0 radical (unpaired) electrons. The average molecular weight is 312 g/mol. The van der Waals surface area contributed by atoms with Gasteiger partial charge in [0, 0.05) is 18.1 Å². The van der Waals surface area contributed by atoms with Gasteiger partial charge in [0.1, 0.15) is 0 Å². The molecular weight excluding hydrogens is 297 g/mol. The molecule has 1 aromatic heterocycles. The molecule has 0 aliphatic rings. The zero-order valence-corrected chi connectivity index (χ0v) is 12.8. The topological polar surface area (TPSA) is 31.4 Å². The maximum Gasteiger partial charge on any atom is 0.219 e. The molecule has 0 saturated carbocycles. The van der Waals surface area contributed by atoms with E-state index in [1.54, 1.807) is 13.2 Å². The first kappa shape index (κ1) is 14.9. The van der Waals surface area contributed by atoms with Crippen LogP contribution in [-0.2, 0) is 12.3 Å². The molecule has 3 nitrogen and oxygen atoms in total. The first-order valence-electron chi connectivity index (χ1n) is 6.23. The van der Waals surface area contributed by atoms with Crippen molar-refractivity contribution in [2.24, 2.45) is 0 Å². The molecule has 2 rings (SSSR count). The second-order valence-corrected chi connectivity index (χ2v) is 4.86. The van der Waals surface area contributed by atoms with Gasteiger partial charge in [-0.2, -0.15) is 0 Å². The van der Waals surface area contributed by atoms with E-state index < -0.39 is 0 Å². The number of methoxy groups -OCH3 is 1. The van der Waals surface area contributed by atoms with Gasteiger partial charge in [0.15, 0.2) is 11.5 Å². The largest absolute Gasteiger partial charge is 0.493 e. The van der Waals surface area contributed by atoms with Gasteiger partial charge in [-0.05, 0) is 29.7 Å². The first-order valence-corrected chi connectivity index (χ1v) is 7.14. The number of alkyl halides is 1. The maximum atomic E-state index is 5.97. The minimum absolute atomic E-state index is 0.309. The highest BCUT2D eigenvalue weighted by Crippen LogP contribution is 2.32. The minimum Gasteiger partial charge on any atom is -0.493 e. The molecule has 0 atom stereocenters. The highest BCUT2D eigenvalue weighted by molar-refractivity contribution is 6.32. The second-order valence-electron chi connectivity index (χ2n) is 4.19. The molecule has 0 N–H and O–H groups in total. The minimum atomic E-state index is 0.309. The molecular formula is C15H15Cl2NO2. The lowest BCUT2D eigenvalue weighted by Gasteiger charge is -2.11. The summed E-state index contributed by atoms with van der Waals surface area (Å²) in [5.41, 5.74) is 1.96. The van der Waals surface area contributed by atoms with Crippen molar-refractivity contribution in [3.8, 4) is 17.4 Å². The summed E-state index contributed by atoms with van der Waals surface area (Å²) in [6.45, 7) is 2.09. The van der Waals surface area contributed by atoms with Crippen LogP contribution >= 0.6 is 23.2 Å². The third kappa shape index (κ3) is 3.35. The van der Waals surface area contributed by atoms with Crippen LogP contribution in [0, 0.1) is 0 Å². The SMILES string of the molecule is CCc1ccc(Oc2cc(CCl)c(Cl)cn2)c(OC)c1. The van der Waals surface area contributed by atoms with Crippen LogP contribution in [-0.4, -0.2) is 12.1 Å². The summed E-state index contributed by atoms with van der Waals surface area (Å²) in [6.07, 6.45) is 2.47. The lowest BCUT2D eigenvalue weighted by Crippen LogP contribution is -1.94. The van der Waals surface area contributed by atoms with Gasteiger partial charge in [-0.15, -0.1) is 11.6 Å². The quantitative estimate of drug-likeness (QED) is 0.741. The van der Waals surface area contributed by atoms with Crippen LogP contribution in [0.5, 0.6) is 17.4 Å². The number of halogens is 2. The van der Waals surface area contributed by atoms with Gasteiger partial charge < -0.3 is 9.47 Å². The zero-order chi connectivity index (χ0) is 14.5. The van der Waals surface area contributed by atoms with Crippen LogP contribution in [0.4, 0.5) is 0 Å². The fourth-order valence-corrected chi connectivity index (χ4v) is 2.21. The molecule has 0 amide bonds. The summed E-state index contributed by atoms with van der Waals surface area (Å²) in [6, 6.07) is 7.54. The summed E-state index contributed by atoms with van der Waals surface area (Å²) in [5.74, 6) is 2.03. The Bertz CT molecular complexity index is 602. The van der Waals surface area contributed by atoms with E-state index in [-0.39, 0.29) is 0 Å². The number of aryl methyl sites for hydroxylation is 1. The number of hydrogen-bond acceptors (Lipinski definition) is 3. The Kier molecular flexibility index (Phi) is 5.10. The second kappa shape index (κ2) is 6.82. The van der Waals surface area contributed by atoms with Gasteiger partial charge in [-0.3, -0.25) is 0 Å². The molecule has 0 saturated heterocycles. The van der Waals surface area contributed by atoms with E-state index >= 15 is 0 Å². The Labute approximate surface area is 128 Å². The Balaban J connectivity index is 2.29. The lowest BCUT2D eigenvalue weighted by atomic mass is 10.1. The molecule has 0 unspecified atom stereocenters.